The average Bonchev–Trinajstić information content (AvgIpc) is 2.38. The Hall–Kier alpha value is -1.52. The van der Waals surface area contributed by atoms with Gasteiger partial charge in [-0.25, -0.2) is 4.79 Å². The zero-order valence-corrected chi connectivity index (χ0v) is 10.4. The summed E-state index contributed by atoms with van der Waals surface area (Å²) in [6.45, 7) is 7.27. The molecule has 1 aromatic rings. The van der Waals surface area contributed by atoms with Crippen molar-refractivity contribution in [1.82, 2.24) is 9.78 Å². The van der Waals surface area contributed by atoms with Crippen LogP contribution in [0.4, 0.5) is 0 Å². The van der Waals surface area contributed by atoms with Crippen molar-refractivity contribution in [2.75, 3.05) is 6.61 Å². The van der Waals surface area contributed by atoms with Gasteiger partial charge >= 0.3 is 5.97 Å². The summed E-state index contributed by atoms with van der Waals surface area (Å²) in [5.41, 5.74) is 1.67. The van der Waals surface area contributed by atoms with Crippen molar-refractivity contribution in [3.8, 4) is 5.75 Å². The fourth-order valence-electron chi connectivity index (χ4n) is 1.39. The summed E-state index contributed by atoms with van der Waals surface area (Å²) in [6.07, 6.45) is -0.118. The van der Waals surface area contributed by atoms with Gasteiger partial charge in [-0.15, -0.1) is 0 Å². The lowest BCUT2D eigenvalue weighted by molar-refractivity contribution is -0.149. The maximum atomic E-state index is 11.3. The predicted octanol–water partition coefficient (Wildman–Crippen LogP) is 1.37. The maximum absolute atomic E-state index is 11.3. The third-order valence-corrected chi connectivity index (χ3v) is 2.14. The molecular weight excluding hydrogens is 208 g/mol. The molecule has 16 heavy (non-hydrogen) atoms. The first-order valence-electron chi connectivity index (χ1n) is 5.24. The molecule has 1 rings (SSSR count). The van der Waals surface area contributed by atoms with Gasteiger partial charge < -0.3 is 9.47 Å². The quantitative estimate of drug-likeness (QED) is 0.727. The summed E-state index contributed by atoms with van der Waals surface area (Å²) in [5, 5.41) is 4.19. The normalized spacial score (nSPS) is 10.6. The lowest BCUT2D eigenvalue weighted by atomic mass is 10.3. The minimum atomic E-state index is -0.363. The highest BCUT2D eigenvalue weighted by atomic mass is 16.6. The molecule has 0 saturated heterocycles. The van der Waals surface area contributed by atoms with Crippen molar-refractivity contribution in [2.45, 2.75) is 33.8 Å². The lowest BCUT2D eigenvalue weighted by Gasteiger charge is -2.09. The predicted molar refractivity (Wildman–Crippen MR) is 59.4 cm³/mol. The molecule has 0 aliphatic heterocycles. The van der Waals surface area contributed by atoms with Gasteiger partial charge in [-0.2, -0.15) is 5.10 Å². The van der Waals surface area contributed by atoms with Crippen molar-refractivity contribution in [2.24, 2.45) is 7.05 Å². The molecule has 5 heteroatoms. The Morgan fingerprint density at radius 1 is 1.44 bits per heavy atom. The first kappa shape index (κ1) is 12.5. The molecule has 1 aromatic heterocycles. The molecule has 1 heterocycles. The van der Waals surface area contributed by atoms with E-state index in [0.29, 0.717) is 5.75 Å². The molecule has 0 fully saturated rings. The summed E-state index contributed by atoms with van der Waals surface area (Å²) < 4.78 is 12.1. The van der Waals surface area contributed by atoms with Crippen LogP contribution in [0, 0.1) is 13.8 Å². The first-order valence-corrected chi connectivity index (χ1v) is 5.24. The summed E-state index contributed by atoms with van der Waals surface area (Å²) in [5.74, 6) is 0.292. The third kappa shape index (κ3) is 2.98. The molecule has 0 spiro atoms. The summed E-state index contributed by atoms with van der Waals surface area (Å²) in [7, 11) is 1.83. The Bertz CT molecular complexity index is 383. The second kappa shape index (κ2) is 5.01. The van der Waals surface area contributed by atoms with Gasteiger partial charge in [-0.3, -0.25) is 4.68 Å². The second-order valence-electron chi connectivity index (χ2n) is 3.95. The summed E-state index contributed by atoms with van der Waals surface area (Å²) in [4.78, 5) is 11.3. The van der Waals surface area contributed by atoms with Crippen LogP contribution in [0.2, 0.25) is 0 Å². The van der Waals surface area contributed by atoms with E-state index in [1.807, 2.05) is 20.9 Å². The topological polar surface area (TPSA) is 53.4 Å². The smallest absolute Gasteiger partial charge is 0.344 e. The van der Waals surface area contributed by atoms with Crippen LogP contribution in [-0.4, -0.2) is 28.5 Å². The minimum absolute atomic E-state index is 0.0778. The highest BCUT2D eigenvalue weighted by Crippen LogP contribution is 2.21. The maximum Gasteiger partial charge on any atom is 0.344 e. The van der Waals surface area contributed by atoms with Gasteiger partial charge in [0, 0.05) is 7.05 Å². The van der Waals surface area contributed by atoms with E-state index in [-0.39, 0.29) is 18.7 Å². The highest BCUT2D eigenvalue weighted by Gasteiger charge is 2.13. The number of aryl methyl sites for hydroxylation is 2. The summed E-state index contributed by atoms with van der Waals surface area (Å²) >= 11 is 0. The molecular formula is C11H18N2O3. The molecule has 0 amide bonds. The van der Waals surface area contributed by atoms with Crippen molar-refractivity contribution in [3.63, 3.8) is 0 Å². The molecule has 90 valence electrons. The number of carbonyl (C=O) groups excluding carboxylic acids is 1. The zero-order valence-electron chi connectivity index (χ0n) is 10.4. The van der Waals surface area contributed by atoms with Gasteiger partial charge in [0.1, 0.15) is 5.69 Å². The zero-order chi connectivity index (χ0) is 12.3. The summed E-state index contributed by atoms with van der Waals surface area (Å²) in [6, 6.07) is 0. The largest absolute Gasteiger partial charge is 0.478 e. The van der Waals surface area contributed by atoms with Crippen LogP contribution in [0.5, 0.6) is 5.75 Å². The van der Waals surface area contributed by atoms with Crippen molar-refractivity contribution < 1.29 is 14.3 Å². The van der Waals surface area contributed by atoms with Crippen LogP contribution in [0.1, 0.15) is 25.2 Å². The SMILES string of the molecule is Cc1nn(C)c(C)c1OCC(=O)OC(C)C. The van der Waals surface area contributed by atoms with E-state index in [1.54, 1.807) is 18.5 Å². The van der Waals surface area contributed by atoms with Crippen molar-refractivity contribution in [1.29, 1.82) is 0 Å². The molecule has 0 bridgehead atoms. The Balaban J connectivity index is 2.58. The number of nitrogens with zero attached hydrogens (tertiary/aromatic N) is 2. The van der Waals surface area contributed by atoms with E-state index in [0.717, 1.165) is 11.4 Å². The average molecular weight is 226 g/mol. The molecule has 0 N–H and O–H groups in total. The van der Waals surface area contributed by atoms with E-state index in [1.165, 1.54) is 0 Å². The Morgan fingerprint density at radius 2 is 2.06 bits per heavy atom. The molecule has 0 atom stereocenters. The van der Waals surface area contributed by atoms with Crippen LogP contribution in [0.3, 0.4) is 0 Å². The fourth-order valence-corrected chi connectivity index (χ4v) is 1.39. The van der Waals surface area contributed by atoms with E-state index < -0.39 is 0 Å². The number of rotatable bonds is 4. The molecule has 0 radical (unpaired) electrons. The van der Waals surface area contributed by atoms with Crippen LogP contribution in [0.15, 0.2) is 0 Å². The van der Waals surface area contributed by atoms with Crippen molar-refractivity contribution >= 4 is 5.97 Å². The Morgan fingerprint density at radius 3 is 2.50 bits per heavy atom. The van der Waals surface area contributed by atoms with Gasteiger partial charge in [0.25, 0.3) is 0 Å². The molecule has 0 aliphatic carbocycles. The van der Waals surface area contributed by atoms with Crippen LogP contribution >= 0.6 is 0 Å². The molecule has 0 unspecified atom stereocenters. The van der Waals surface area contributed by atoms with Gasteiger partial charge in [0.05, 0.1) is 11.8 Å². The highest BCUT2D eigenvalue weighted by molar-refractivity contribution is 5.71. The van der Waals surface area contributed by atoms with Crippen LogP contribution in [-0.2, 0) is 16.6 Å². The standard InChI is InChI=1S/C11H18N2O3/c1-7(2)16-10(14)6-15-11-8(3)12-13(5)9(11)4/h7H,6H2,1-5H3. The first-order chi connectivity index (χ1) is 7.41. The number of hydrogen-bond donors (Lipinski definition) is 0. The monoisotopic (exact) mass is 226 g/mol. The van der Waals surface area contributed by atoms with E-state index in [2.05, 4.69) is 5.10 Å². The van der Waals surface area contributed by atoms with Gasteiger partial charge in [0.2, 0.25) is 0 Å². The van der Waals surface area contributed by atoms with Gasteiger partial charge in [-0.1, -0.05) is 0 Å². The molecule has 0 aliphatic rings. The number of hydrogen-bond acceptors (Lipinski definition) is 4. The van der Waals surface area contributed by atoms with Crippen molar-refractivity contribution in [3.05, 3.63) is 11.4 Å². The van der Waals surface area contributed by atoms with E-state index >= 15 is 0 Å². The van der Waals surface area contributed by atoms with Crippen LogP contribution in [0.25, 0.3) is 0 Å². The Kier molecular flexibility index (Phi) is 3.93. The molecule has 0 aromatic carbocycles. The second-order valence-corrected chi connectivity index (χ2v) is 3.95. The molecule has 0 saturated carbocycles. The van der Waals surface area contributed by atoms with E-state index in [4.69, 9.17) is 9.47 Å². The van der Waals surface area contributed by atoms with E-state index in [9.17, 15) is 4.79 Å². The van der Waals surface area contributed by atoms with Gasteiger partial charge in [0.15, 0.2) is 12.4 Å². The van der Waals surface area contributed by atoms with Gasteiger partial charge in [-0.05, 0) is 27.7 Å². The lowest BCUT2D eigenvalue weighted by Crippen LogP contribution is -2.19. The number of aromatic nitrogens is 2. The minimum Gasteiger partial charge on any atom is -0.478 e. The molecule has 5 nitrogen and oxygen atoms in total. The van der Waals surface area contributed by atoms with Crippen LogP contribution < -0.4 is 4.74 Å². The Labute approximate surface area is 95.3 Å². The number of esters is 1. The third-order valence-electron chi connectivity index (χ3n) is 2.14. The number of carbonyl (C=O) groups is 1. The fraction of sp³-hybridized carbons (Fsp3) is 0.636. The number of ether oxygens (including phenoxy) is 2.